The number of hydrogen-bond acceptors (Lipinski definition) is 6. The number of ketones is 1. The van der Waals surface area contributed by atoms with Gasteiger partial charge in [-0.1, -0.05) is 0 Å². The van der Waals surface area contributed by atoms with Crippen LogP contribution in [-0.4, -0.2) is 42.2 Å². The molecule has 1 aliphatic heterocycles. The lowest BCUT2D eigenvalue weighted by Gasteiger charge is -2.25. The molecule has 24 heavy (non-hydrogen) atoms. The average molecular weight is 321 g/mol. The molecule has 0 unspecified atom stereocenters. The smallest absolute Gasteiger partial charge is 0.159 e. The third kappa shape index (κ3) is 3.35. The zero-order valence-corrected chi connectivity index (χ0v) is 13.6. The highest BCUT2D eigenvalue weighted by atomic mass is 16.1. The summed E-state index contributed by atoms with van der Waals surface area (Å²) in [4.78, 5) is 16.0. The minimum atomic E-state index is 0.0109. The summed E-state index contributed by atoms with van der Waals surface area (Å²) in [6.45, 7) is 4.85. The van der Waals surface area contributed by atoms with Gasteiger partial charge in [-0.3, -0.25) is 4.79 Å². The van der Waals surface area contributed by atoms with Crippen molar-refractivity contribution in [2.45, 2.75) is 13.3 Å². The Labute approximate surface area is 141 Å². The second-order valence-electron chi connectivity index (χ2n) is 5.81. The Morgan fingerprint density at radius 2 is 1.96 bits per heavy atom. The fourth-order valence-electron chi connectivity index (χ4n) is 2.96. The molecule has 0 amide bonds. The predicted octanol–water partition coefficient (Wildman–Crippen LogP) is 2.27. The number of rotatable bonds is 3. The van der Waals surface area contributed by atoms with Crippen LogP contribution in [0.4, 0.5) is 11.5 Å². The summed E-state index contributed by atoms with van der Waals surface area (Å²) in [5, 5.41) is 17.5. The normalized spacial score (nSPS) is 14.8. The SMILES string of the molecule is CC(=O)c1ccc(C#N)c(N2CCCN(c3cccnn3)CC2)c1. The van der Waals surface area contributed by atoms with Crippen molar-refractivity contribution in [3.8, 4) is 6.07 Å². The van der Waals surface area contributed by atoms with Crippen LogP contribution in [0.25, 0.3) is 0 Å². The van der Waals surface area contributed by atoms with Gasteiger partial charge in [-0.2, -0.15) is 10.4 Å². The van der Waals surface area contributed by atoms with Crippen LogP contribution in [-0.2, 0) is 0 Å². The van der Waals surface area contributed by atoms with E-state index in [4.69, 9.17) is 0 Å². The molecule has 6 heteroatoms. The molecule has 0 spiro atoms. The summed E-state index contributed by atoms with van der Waals surface area (Å²) >= 11 is 0. The molecule has 0 atom stereocenters. The summed E-state index contributed by atoms with van der Waals surface area (Å²) in [7, 11) is 0. The molecule has 1 aromatic heterocycles. The van der Waals surface area contributed by atoms with Gasteiger partial charge in [-0.15, -0.1) is 5.10 Å². The first kappa shape index (κ1) is 15.9. The molecule has 1 fully saturated rings. The number of hydrogen-bond donors (Lipinski definition) is 0. The third-order valence-electron chi connectivity index (χ3n) is 4.24. The van der Waals surface area contributed by atoms with Gasteiger partial charge >= 0.3 is 0 Å². The zero-order chi connectivity index (χ0) is 16.9. The Balaban J connectivity index is 1.82. The van der Waals surface area contributed by atoms with Gasteiger partial charge in [0, 0.05) is 37.9 Å². The molecule has 122 valence electrons. The van der Waals surface area contributed by atoms with E-state index in [2.05, 4.69) is 26.1 Å². The number of aromatic nitrogens is 2. The van der Waals surface area contributed by atoms with Crippen LogP contribution in [0.5, 0.6) is 0 Å². The quantitative estimate of drug-likeness (QED) is 0.808. The van der Waals surface area contributed by atoms with Gasteiger partial charge in [0.2, 0.25) is 0 Å². The maximum absolute atomic E-state index is 11.7. The summed E-state index contributed by atoms with van der Waals surface area (Å²) < 4.78 is 0. The Morgan fingerprint density at radius 3 is 2.67 bits per heavy atom. The molecule has 0 saturated carbocycles. The van der Waals surface area contributed by atoms with Gasteiger partial charge in [-0.05, 0) is 43.7 Å². The van der Waals surface area contributed by atoms with Crippen LogP contribution in [0.3, 0.4) is 0 Å². The van der Waals surface area contributed by atoms with Crippen molar-refractivity contribution in [1.29, 1.82) is 5.26 Å². The van der Waals surface area contributed by atoms with Crippen LogP contribution in [0.2, 0.25) is 0 Å². The van der Waals surface area contributed by atoms with Crippen LogP contribution in [0.15, 0.2) is 36.5 Å². The van der Waals surface area contributed by atoms with Crippen molar-refractivity contribution in [3.63, 3.8) is 0 Å². The Kier molecular flexibility index (Phi) is 4.71. The van der Waals surface area contributed by atoms with E-state index in [0.717, 1.165) is 44.1 Å². The maximum Gasteiger partial charge on any atom is 0.159 e. The van der Waals surface area contributed by atoms with E-state index in [-0.39, 0.29) is 5.78 Å². The molecule has 6 nitrogen and oxygen atoms in total. The van der Waals surface area contributed by atoms with E-state index < -0.39 is 0 Å². The molecule has 1 aliphatic rings. The molecule has 2 heterocycles. The van der Waals surface area contributed by atoms with Crippen molar-refractivity contribution in [2.75, 3.05) is 36.0 Å². The largest absolute Gasteiger partial charge is 0.369 e. The first-order valence-corrected chi connectivity index (χ1v) is 8.02. The van der Waals surface area contributed by atoms with E-state index >= 15 is 0 Å². The molecule has 0 bridgehead atoms. The highest BCUT2D eigenvalue weighted by Crippen LogP contribution is 2.24. The lowest BCUT2D eigenvalue weighted by molar-refractivity contribution is 0.101. The van der Waals surface area contributed by atoms with Crippen molar-refractivity contribution < 1.29 is 4.79 Å². The molecular formula is C18H19N5O. The molecular weight excluding hydrogens is 302 g/mol. The molecule has 1 aromatic carbocycles. The highest BCUT2D eigenvalue weighted by molar-refractivity contribution is 5.95. The number of anilines is 2. The Morgan fingerprint density at radius 1 is 1.17 bits per heavy atom. The molecule has 0 N–H and O–H groups in total. The number of Topliss-reactive ketones (excluding diaryl/α,β-unsaturated/α-hetero) is 1. The fraction of sp³-hybridized carbons (Fsp3) is 0.333. The average Bonchev–Trinajstić information content (AvgIpc) is 2.88. The van der Waals surface area contributed by atoms with Gasteiger partial charge in [0.1, 0.15) is 6.07 Å². The summed E-state index contributed by atoms with van der Waals surface area (Å²) in [6.07, 6.45) is 2.62. The van der Waals surface area contributed by atoms with Crippen LogP contribution in [0.1, 0.15) is 29.3 Å². The number of nitriles is 1. The van der Waals surface area contributed by atoms with Crippen molar-refractivity contribution in [1.82, 2.24) is 10.2 Å². The van der Waals surface area contributed by atoms with Gasteiger partial charge in [0.05, 0.1) is 11.3 Å². The van der Waals surface area contributed by atoms with Crippen molar-refractivity contribution in [2.24, 2.45) is 0 Å². The fourth-order valence-corrected chi connectivity index (χ4v) is 2.96. The molecule has 0 radical (unpaired) electrons. The first-order chi connectivity index (χ1) is 11.7. The monoisotopic (exact) mass is 321 g/mol. The summed E-state index contributed by atoms with van der Waals surface area (Å²) in [6, 6.07) is 11.4. The molecule has 0 aliphatic carbocycles. The zero-order valence-electron chi connectivity index (χ0n) is 13.6. The lowest BCUT2D eigenvalue weighted by Crippen LogP contribution is -2.31. The number of carbonyl (C=O) groups excluding carboxylic acids is 1. The van der Waals surface area contributed by atoms with Crippen LogP contribution >= 0.6 is 0 Å². The second-order valence-corrected chi connectivity index (χ2v) is 5.81. The molecule has 2 aromatic rings. The van der Waals surface area contributed by atoms with E-state index in [0.29, 0.717) is 11.1 Å². The third-order valence-corrected chi connectivity index (χ3v) is 4.24. The number of nitrogens with zero attached hydrogens (tertiary/aromatic N) is 5. The van der Waals surface area contributed by atoms with Gasteiger partial charge in [-0.25, -0.2) is 0 Å². The maximum atomic E-state index is 11.7. The van der Waals surface area contributed by atoms with E-state index in [1.54, 1.807) is 25.3 Å². The van der Waals surface area contributed by atoms with Crippen LogP contribution in [0, 0.1) is 11.3 Å². The molecule has 3 rings (SSSR count). The number of benzene rings is 1. The highest BCUT2D eigenvalue weighted by Gasteiger charge is 2.19. The summed E-state index contributed by atoms with van der Waals surface area (Å²) in [5.41, 5.74) is 2.08. The van der Waals surface area contributed by atoms with E-state index in [9.17, 15) is 10.1 Å². The van der Waals surface area contributed by atoms with Gasteiger partial charge < -0.3 is 9.80 Å². The first-order valence-electron chi connectivity index (χ1n) is 8.02. The Hall–Kier alpha value is -2.94. The molecule has 1 saturated heterocycles. The van der Waals surface area contributed by atoms with Gasteiger partial charge in [0.15, 0.2) is 11.6 Å². The number of carbonyl (C=O) groups is 1. The standard InChI is InChI=1S/C18H19N5O/c1-14(24)15-5-6-16(13-19)17(12-15)22-8-3-9-23(11-10-22)18-4-2-7-20-21-18/h2,4-7,12H,3,8-11H2,1H3. The minimum absolute atomic E-state index is 0.0109. The Bertz CT molecular complexity index is 769. The van der Waals surface area contributed by atoms with Crippen molar-refractivity contribution in [3.05, 3.63) is 47.7 Å². The van der Waals surface area contributed by atoms with Crippen LogP contribution < -0.4 is 9.80 Å². The van der Waals surface area contributed by atoms with Gasteiger partial charge in [0.25, 0.3) is 0 Å². The second kappa shape index (κ2) is 7.09. The topological polar surface area (TPSA) is 73.1 Å². The predicted molar refractivity (Wildman–Crippen MR) is 92.2 cm³/mol. The van der Waals surface area contributed by atoms with Crippen molar-refractivity contribution >= 4 is 17.3 Å². The lowest BCUT2D eigenvalue weighted by atomic mass is 10.1. The van der Waals surface area contributed by atoms with E-state index in [1.807, 2.05) is 18.2 Å². The summed E-state index contributed by atoms with van der Waals surface area (Å²) in [5.74, 6) is 0.883. The minimum Gasteiger partial charge on any atom is -0.369 e. The van der Waals surface area contributed by atoms with E-state index in [1.165, 1.54) is 0 Å².